The number of carbonyl (C=O) groups is 1. The van der Waals surface area contributed by atoms with E-state index >= 15 is 0 Å². The largest absolute Gasteiger partial charge is 0.392 e. The van der Waals surface area contributed by atoms with Crippen LogP contribution in [0.15, 0.2) is 90.5 Å². The van der Waals surface area contributed by atoms with E-state index in [0.29, 0.717) is 23.4 Å². The zero-order chi connectivity index (χ0) is 28.2. The molecule has 0 radical (unpaired) electrons. The van der Waals surface area contributed by atoms with E-state index in [4.69, 9.17) is 9.47 Å². The smallest absolute Gasteiger partial charge is 0.275 e. The summed E-state index contributed by atoms with van der Waals surface area (Å²) in [4.78, 5) is 21.6. The van der Waals surface area contributed by atoms with E-state index in [-0.39, 0.29) is 30.4 Å². The lowest BCUT2D eigenvalue weighted by atomic mass is 10.0. The summed E-state index contributed by atoms with van der Waals surface area (Å²) < 4.78 is 14.7. The van der Waals surface area contributed by atoms with Crippen molar-refractivity contribution in [3.05, 3.63) is 108 Å². The summed E-state index contributed by atoms with van der Waals surface area (Å²) in [5, 5.41) is 21.3. The van der Waals surface area contributed by atoms with Crippen LogP contribution in [-0.4, -0.2) is 47.6 Å². The normalized spacial score (nSPS) is 18.8. The maximum absolute atomic E-state index is 12.8. The molecule has 41 heavy (non-hydrogen) atoms. The van der Waals surface area contributed by atoms with Gasteiger partial charge in [-0.25, -0.2) is 4.98 Å². The Morgan fingerprint density at radius 2 is 1.78 bits per heavy atom. The van der Waals surface area contributed by atoms with Crippen LogP contribution in [-0.2, 0) is 23.1 Å². The number of anilines is 1. The molecule has 208 valence electrons. The molecular formula is C30H28N6O4S. The Morgan fingerprint density at radius 1 is 1.02 bits per heavy atom. The van der Waals surface area contributed by atoms with Gasteiger partial charge < -0.3 is 24.5 Å². The van der Waals surface area contributed by atoms with Crippen LogP contribution in [0.3, 0.4) is 0 Å². The van der Waals surface area contributed by atoms with Crippen LogP contribution in [0.4, 0.5) is 5.69 Å². The average Bonchev–Trinajstić information content (AvgIpc) is 3.44. The maximum Gasteiger partial charge on any atom is 0.275 e. The second-order valence-electron chi connectivity index (χ2n) is 9.71. The molecule has 3 aromatic carbocycles. The molecule has 0 bridgehead atoms. The fraction of sp³-hybridized carbons (Fsp3) is 0.233. The number of para-hydroxylation sites is 2. The molecule has 2 aromatic heterocycles. The number of nitrogens with zero attached hydrogens (tertiary/aromatic N) is 5. The highest BCUT2D eigenvalue weighted by Crippen LogP contribution is 2.39. The number of carbonyl (C=O) groups excluding carboxylic acids is 1. The van der Waals surface area contributed by atoms with E-state index in [1.807, 2.05) is 84.4 Å². The number of hydrogen-bond donors (Lipinski definition) is 2. The van der Waals surface area contributed by atoms with Crippen molar-refractivity contribution in [2.45, 2.75) is 36.7 Å². The summed E-state index contributed by atoms with van der Waals surface area (Å²) in [5.41, 5.74) is 4.95. The maximum atomic E-state index is 12.8. The molecule has 5 aromatic rings. The molecule has 11 heteroatoms. The van der Waals surface area contributed by atoms with Crippen LogP contribution in [0.5, 0.6) is 0 Å². The van der Waals surface area contributed by atoms with Crippen molar-refractivity contribution >= 4 is 34.4 Å². The lowest BCUT2D eigenvalue weighted by Gasteiger charge is -2.36. The number of aromatic nitrogens is 5. The SMILES string of the molecule is Cn1cnnc1SC[C@H]1C[C@@H](c2ccc(CO)cc2)O[C@@H](c2ccc(NC(=O)c3cnc4ccccc4n3)cc2)O1. The van der Waals surface area contributed by atoms with E-state index in [2.05, 4.69) is 25.5 Å². The number of aliphatic hydroxyl groups is 1. The van der Waals surface area contributed by atoms with Crippen molar-refractivity contribution in [3.63, 3.8) is 0 Å². The van der Waals surface area contributed by atoms with Gasteiger partial charge in [-0.3, -0.25) is 9.78 Å². The van der Waals surface area contributed by atoms with E-state index in [1.54, 1.807) is 18.1 Å². The first-order valence-corrected chi connectivity index (χ1v) is 14.1. The number of aliphatic hydroxyl groups excluding tert-OH is 1. The molecule has 3 heterocycles. The van der Waals surface area contributed by atoms with Crippen molar-refractivity contribution in [1.82, 2.24) is 24.7 Å². The summed E-state index contributed by atoms with van der Waals surface area (Å²) in [6.45, 7) is -0.00910. The zero-order valence-corrected chi connectivity index (χ0v) is 23.1. The molecule has 0 unspecified atom stereocenters. The Morgan fingerprint density at radius 3 is 2.51 bits per heavy atom. The van der Waals surface area contributed by atoms with Crippen molar-refractivity contribution in [1.29, 1.82) is 0 Å². The van der Waals surface area contributed by atoms with Gasteiger partial charge in [0.05, 0.1) is 36.0 Å². The molecule has 10 nitrogen and oxygen atoms in total. The molecule has 3 atom stereocenters. The second kappa shape index (κ2) is 12.1. The van der Waals surface area contributed by atoms with E-state index in [1.165, 1.54) is 6.20 Å². The minimum atomic E-state index is -0.604. The highest BCUT2D eigenvalue weighted by atomic mass is 32.2. The fourth-order valence-electron chi connectivity index (χ4n) is 4.58. The minimum Gasteiger partial charge on any atom is -0.392 e. The molecule has 1 aliphatic rings. The molecule has 0 spiro atoms. The summed E-state index contributed by atoms with van der Waals surface area (Å²) in [5.74, 6) is 0.340. The lowest BCUT2D eigenvalue weighted by molar-refractivity contribution is -0.245. The molecule has 1 aliphatic heterocycles. The zero-order valence-electron chi connectivity index (χ0n) is 22.3. The van der Waals surface area contributed by atoms with Crippen LogP contribution in [0.1, 0.15) is 46.0 Å². The van der Waals surface area contributed by atoms with Gasteiger partial charge in [0.25, 0.3) is 5.91 Å². The average molecular weight is 569 g/mol. The predicted octanol–water partition coefficient (Wildman–Crippen LogP) is 4.84. The van der Waals surface area contributed by atoms with Gasteiger partial charge in [0, 0.05) is 30.5 Å². The molecule has 0 aliphatic carbocycles. The van der Waals surface area contributed by atoms with Gasteiger partial charge in [-0.1, -0.05) is 60.3 Å². The molecular weight excluding hydrogens is 540 g/mol. The van der Waals surface area contributed by atoms with Gasteiger partial charge in [0.1, 0.15) is 12.0 Å². The standard InChI is InChI=1S/C30H28N6O4S/c1-36-18-32-35-30(36)41-17-23-14-27(20-8-6-19(16-37)7-9-20)40-29(39-23)21-10-12-22(13-11-21)33-28(38)26-15-31-24-4-2-3-5-25(24)34-26/h2-13,15,18,23,27,29,37H,14,16-17H2,1H3,(H,33,38)/t23-,27+,29+/m1/s1. The van der Waals surface area contributed by atoms with Gasteiger partial charge >= 0.3 is 0 Å². The van der Waals surface area contributed by atoms with Gasteiger partial charge in [-0.05, 0) is 35.4 Å². The summed E-state index contributed by atoms with van der Waals surface area (Å²) in [7, 11) is 1.91. The number of rotatable bonds is 8. The van der Waals surface area contributed by atoms with Gasteiger partial charge in [0.15, 0.2) is 11.4 Å². The Bertz CT molecular complexity index is 1640. The van der Waals surface area contributed by atoms with E-state index < -0.39 is 6.29 Å². The molecule has 2 N–H and O–H groups in total. The highest BCUT2D eigenvalue weighted by molar-refractivity contribution is 7.99. The second-order valence-corrected chi connectivity index (χ2v) is 10.7. The van der Waals surface area contributed by atoms with Gasteiger partial charge in [-0.2, -0.15) is 0 Å². The number of thioether (sulfide) groups is 1. The molecule has 6 rings (SSSR count). The third kappa shape index (κ3) is 6.28. The quantitative estimate of drug-likeness (QED) is 0.253. The topological polar surface area (TPSA) is 124 Å². The first-order chi connectivity index (χ1) is 20.1. The van der Waals surface area contributed by atoms with Crippen molar-refractivity contribution < 1.29 is 19.4 Å². The number of hydrogen-bond acceptors (Lipinski definition) is 9. The fourth-order valence-corrected chi connectivity index (χ4v) is 5.48. The number of benzene rings is 3. The predicted molar refractivity (Wildman–Crippen MR) is 154 cm³/mol. The van der Waals surface area contributed by atoms with Gasteiger partial charge in [-0.15, -0.1) is 10.2 Å². The first kappa shape index (κ1) is 27.0. The van der Waals surface area contributed by atoms with Crippen molar-refractivity contribution in [2.24, 2.45) is 7.05 Å². The minimum absolute atomic E-state index is 0.00910. The molecule has 0 saturated carbocycles. The Hall–Kier alpha value is -4.16. The summed E-state index contributed by atoms with van der Waals surface area (Å²) in [6, 6.07) is 22.6. The number of fused-ring (bicyclic) bond motifs is 1. The number of amides is 1. The third-order valence-corrected chi connectivity index (χ3v) is 7.97. The summed E-state index contributed by atoms with van der Waals surface area (Å²) in [6.07, 6.45) is 2.91. The Labute approximate surface area is 240 Å². The number of ether oxygens (including phenoxy) is 2. The van der Waals surface area contributed by atoms with E-state index in [0.717, 1.165) is 27.4 Å². The number of nitrogens with one attached hydrogen (secondary N) is 1. The molecule has 1 amide bonds. The van der Waals surface area contributed by atoms with Crippen LogP contribution in [0, 0.1) is 0 Å². The monoisotopic (exact) mass is 568 g/mol. The lowest BCUT2D eigenvalue weighted by Crippen LogP contribution is -2.31. The van der Waals surface area contributed by atoms with Crippen LogP contribution in [0.25, 0.3) is 11.0 Å². The van der Waals surface area contributed by atoms with Crippen LogP contribution >= 0.6 is 11.8 Å². The van der Waals surface area contributed by atoms with Crippen LogP contribution < -0.4 is 5.32 Å². The molecule has 1 saturated heterocycles. The molecule has 1 fully saturated rings. The first-order valence-electron chi connectivity index (χ1n) is 13.2. The van der Waals surface area contributed by atoms with Gasteiger partial charge in [0.2, 0.25) is 0 Å². The highest BCUT2D eigenvalue weighted by Gasteiger charge is 2.32. The van der Waals surface area contributed by atoms with Crippen molar-refractivity contribution in [2.75, 3.05) is 11.1 Å². The third-order valence-electron chi connectivity index (χ3n) is 6.81. The Balaban J connectivity index is 1.17. The van der Waals surface area contributed by atoms with E-state index in [9.17, 15) is 9.90 Å². The van der Waals surface area contributed by atoms with Crippen molar-refractivity contribution in [3.8, 4) is 0 Å². The number of aryl methyl sites for hydroxylation is 1. The van der Waals surface area contributed by atoms with Crippen LogP contribution in [0.2, 0.25) is 0 Å². The Kier molecular flexibility index (Phi) is 8.01. The summed E-state index contributed by atoms with van der Waals surface area (Å²) >= 11 is 1.59.